The Balaban J connectivity index is 2.78. The third-order valence-corrected chi connectivity index (χ3v) is 5.33. The number of hydrogen-bond donors (Lipinski definition) is 0. The molecular weight excluding hydrogens is 260 g/mol. The molecule has 0 fully saturated rings. The second-order valence-corrected chi connectivity index (χ2v) is 6.66. The lowest BCUT2D eigenvalue weighted by molar-refractivity contribution is 0.578. The maximum absolute atomic E-state index is 12.7. The lowest BCUT2D eigenvalue weighted by Crippen LogP contribution is -2.17. The van der Waals surface area contributed by atoms with Crippen LogP contribution in [-0.2, 0) is 10.0 Å². The summed E-state index contributed by atoms with van der Waals surface area (Å²) in [4.78, 5) is 0.369. The van der Waals surface area contributed by atoms with Gasteiger partial charge in [-0.25, -0.2) is 0 Å². The second kappa shape index (κ2) is 4.49. The van der Waals surface area contributed by atoms with E-state index < -0.39 is 10.0 Å². The van der Waals surface area contributed by atoms with E-state index in [0.717, 1.165) is 26.3 Å². The fourth-order valence-corrected chi connectivity index (χ4v) is 3.93. The first-order chi connectivity index (χ1) is 8.75. The number of rotatable bonds is 2. The first-order valence-corrected chi connectivity index (χ1v) is 7.54. The van der Waals surface area contributed by atoms with Crippen LogP contribution in [0.3, 0.4) is 0 Å². The Morgan fingerprint density at radius 3 is 1.95 bits per heavy atom. The quantitative estimate of drug-likeness (QED) is 0.848. The largest absolute Gasteiger partial charge is 0.283 e. The first kappa shape index (κ1) is 13.8. The van der Waals surface area contributed by atoms with E-state index in [1.54, 1.807) is 13.0 Å². The van der Waals surface area contributed by atoms with Crippen molar-refractivity contribution >= 4 is 10.0 Å². The van der Waals surface area contributed by atoms with Crippen molar-refractivity contribution in [1.29, 1.82) is 0 Å². The van der Waals surface area contributed by atoms with E-state index in [9.17, 15) is 8.42 Å². The minimum Gasteiger partial charge on any atom is -0.199 e. The maximum atomic E-state index is 12.7. The molecule has 0 aliphatic heterocycles. The Morgan fingerprint density at radius 2 is 1.53 bits per heavy atom. The van der Waals surface area contributed by atoms with Crippen molar-refractivity contribution in [3.8, 4) is 0 Å². The molecule has 1 aromatic heterocycles. The summed E-state index contributed by atoms with van der Waals surface area (Å²) in [6.45, 7) is 9.30. The Bertz CT molecular complexity index is 717. The highest BCUT2D eigenvalue weighted by Crippen LogP contribution is 2.27. The molecule has 0 aliphatic carbocycles. The standard InChI is InChI=1S/C14H18N2O2S/c1-9-8-10(2)13(5)14(12(9)4)19(17,18)16-7-6-11(3)15-16/h6-8H,1-5H3. The Morgan fingerprint density at radius 1 is 1.00 bits per heavy atom. The summed E-state index contributed by atoms with van der Waals surface area (Å²) in [5.74, 6) is 0. The van der Waals surface area contributed by atoms with Crippen molar-refractivity contribution in [1.82, 2.24) is 9.19 Å². The lowest BCUT2D eigenvalue weighted by atomic mass is 10.0. The number of hydrogen-bond acceptors (Lipinski definition) is 3. The highest BCUT2D eigenvalue weighted by Gasteiger charge is 2.24. The number of aromatic nitrogens is 2. The topological polar surface area (TPSA) is 52.0 Å². The van der Waals surface area contributed by atoms with E-state index in [-0.39, 0.29) is 0 Å². The van der Waals surface area contributed by atoms with Crippen LogP contribution in [0.1, 0.15) is 27.9 Å². The molecule has 102 valence electrons. The summed E-state index contributed by atoms with van der Waals surface area (Å²) in [5, 5.41) is 4.03. The predicted molar refractivity (Wildman–Crippen MR) is 74.9 cm³/mol. The SMILES string of the molecule is Cc1ccn(S(=O)(=O)c2c(C)c(C)cc(C)c2C)n1. The smallest absolute Gasteiger partial charge is 0.199 e. The van der Waals surface area contributed by atoms with Crippen molar-refractivity contribution in [3.63, 3.8) is 0 Å². The van der Waals surface area contributed by atoms with Crippen LogP contribution in [0.2, 0.25) is 0 Å². The van der Waals surface area contributed by atoms with Gasteiger partial charge < -0.3 is 0 Å². The molecule has 0 amide bonds. The predicted octanol–water partition coefficient (Wildman–Crippen LogP) is 2.66. The summed E-state index contributed by atoms with van der Waals surface area (Å²) in [7, 11) is -3.62. The van der Waals surface area contributed by atoms with Crippen molar-refractivity contribution in [2.75, 3.05) is 0 Å². The molecule has 0 N–H and O–H groups in total. The van der Waals surface area contributed by atoms with E-state index in [1.807, 2.05) is 33.8 Å². The van der Waals surface area contributed by atoms with E-state index in [0.29, 0.717) is 10.6 Å². The number of nitrogens with zero attached hydrogens (tertiary/aromatic N) is 2. The molecule has 0 radical (unpaired) electrons. The third kappa shape index (κ3) is 2.18. The van der Waals surface area contributed by atoms with E-state index in [4.69, 9.17) is 0 Å². The molecule has 2 rings (SSSR count). The molecular formula is C14H18N2O2S. The zero-order chi connectivity index (χ0) is 14.4. The molecule has 0 aliphatic rings. The molecule has 4 nitrogen and oxygen atoms in total. The third-order valence-electron chi connectivity index (χ3n) is 3.50. The first-order valence-electron chi connectivity index (χ1n) is 6.10. The van der Waals surface area contributed by atoms with Crippen molar-refractivity contribution in [2.24, 2.45) is 0 Å². The zero-order valence-electron chi connectivity index (χ0n) is 11.9. The van der Waals surface area contributed by atoms with Crippen LogP contribution in [0.5, 0.6) is 0 Å². The molecule has 0 atom stereocenters. The van der Waals surface area contributed by atoms with Crippen molar-refractivity contribution in [3.05, 3.63) is 46.3 Å². The number of aryl methyl sites for hydroxylation is 3. The summed E-state index contributed by atoms with van der Waals surface area (Å²) >= 11 is 0. The zero-order valence-corrected chi connectivity index (χ0v) is 12.7. The number of benzene rings is 1. The minimum absolute atomic E-state index is 0.369. The summed E-state index contributed by atoms with van der Waals surface area (Å²) in [5.41, 5.74) is 4.21. The molecule has 2 aromatic rings. The highest BCUT2D eigenvalue weighted by molar-refractivity contribution is 7.90. The molecule has 1 heterocycles. The highest BCUT2D eigenvalue weighted by atomic mass is 32.2. The van der Waals surface area contributed by atoms with Crippen molar-refractivity contribution < 1.29 is 8.42 Å². The van der Waals surface area contributed by atoms with Gasteiger partial charge in [-0.3, -0.25) is 0 Å². The lowest BCUT2D eigenvalue weighted by Gasteiger charge is -2.15. The molecule has 1 aromatic carbocycles. The fraction of sp³-hybridized carbons (Fsp3) is 0.357. The van der Waals surface area contributed by atoms with Crippen LogP contribution < -0.4 is 0 Å². The van der Waals surface area contributed by atoms with Gasteiger partial charge in [0.1, 0.15) is 0 Å². The van der Waals surface area contributed by atoms with Gasteiger partial charge in [0.15, 0.2) is 0 Å². The molecule has 0 bridgehead atoms. The van der Waals surface area contributed by atoms with Crippen LogP contribution in [-0.4, -0.2) is 17.6 Å². The average molecular weight is 278 g/mol. The monoisotopic (exact) mass is 278 g/mol. The molecule has 0 spiro atoms. The average Bonchev–Trinajstić information content (AvgIpc) is 2.74. The van der Waals surface area contributed by atoms with E-state index in [2.05, 4.69) is 5.10 Å². The van der Waals surface area contributed by atoms with Crippen LogP contribution in [0.4, 0.5) is 0 Å². The normalized spacial score (nSPS) is 11.8. The van der Waals surface area contributed by atoms with E-state index >= 15 is 0 Å². The summed E-state index contributed by atoms with van der Waals surface area (Å²) < 4.78 is 26.4. The van der Waals surface area contributed by atoms with Gasteiger partial charge in [0.05, 0.1) is 10.6 Å². The van der Waals surface area contributed by atoms with Gasteiger partial charge in [-0.1, -0.05) is 6.07 Å². The van der Waals surface area contributed by atoms with Crippen LogP contribution in [0.15, 0.2) is 23.2 Å². The van der Waals surface area contributed by atoms with Gasteiger partial charge in [-0.2, -0.15) is 17.6 Å². The van der Waals surface area contributed by atoms with Crippen LogP contribution >= 0.6 is 0 Å². The van der Waals surface area contributed by atoms with Gasteiger partial charge in [0, 0.05) is 6.20 Å². The van der Waals surface area contributed by atoms with Gasteiger partial charge in [0.25, 0.3) is 10.0 Å². The Kier molecular flexibility index (Phi) is 3.26. The van der Waals surface area contributed by atoms with Crippen LogP contribution in [0.25, 0.3) is 0 Å². The van der Waals surface area contributed by atoms with Gasteiger partial charge in [-0.15, -0.1) is 0 Å². The minimum atomic E-state index is -3.62. The Labute approximate surface area is 114 Å². The van der Waals surface area contributed by atoms with Gasteiger partial charge in [-0.05, 0) is 62.9 Å². The molecule has 0 saturated heterocycles. The Hall–Kier alpha value is -1.62. The fourth-order valence-electron chi connectivity index (χ4n) is 2.19. The maximum Gasteiger partial charge on any atom is 0.283 e. The van der Waals surface area contributed by atoms with Gasteiger partial charge >= 0.3 is 0 Å². The second-order valence-electron chi connectivity index (χ2n) is 4.92. The van der Waals surface area contributed by atoms with Gasteiger partial charge in [0.2, 0.25) is 0 Å². The van der Waals surface area contributed by atoms with E-state index in [1.165, 1.54) is 6.20 Å². The molecule has 19 heavy (non-hydrogen) atoms. The summed E-state index contributed by atoms with van der Waals surface area (Å²) in [6.07, 6.45) is 1.49. The summed E-state index contributed by atoms with van der Waals surface area (Å²) in [6, 6.07) is 3.70. The molecule has 0 unspecified atom stereocenters. The van der Waals surface area contributed by atoms with Crippen molar-refractivity contribution in [2.45, 2.75) is 39.5 Å². The molecule has 5 heteroatoms. The molecule has 0 saturated carbocycles. The van der Waals surface area contributed by atoms with Crippen LogP contribution in [0, 0.1) is 34.6 Å².